The highest BCUT2D eigenvalue weighted by atomic mass is 16.4. The van der Waals surface area contributed by atoms with Gasteiger partial charge in [-0.2, -0.15) is 0 Å². The van der Waals surface area contributed by atoms with Gasteiger partial charge in [0.05, 0.1) is 5.69 Å². The fraction of sp³-hybridized carbons (Fsp3) is 0. The number of anilines is 3. The van der Waals surface area contributed by atoms with E-state index >= 15 is 0 Å². The second-order valence-electron chi connectivity index (χ2n) is 11.6. The molecule has 9 rings (SSSR count). The molecule has 4 heteroatoms. The largest absolute Gasteiger partial charge is 0.454 e. The lowest BCUT2D eigenvalue weighted by Crippen LogP contribution is -2.10. The first kappa shape index (κ1) is 27.0. The van der Waals surface area contributed by atoms with Crippen molar-refractivity contribution in [3.63, 3.8) is 0 Å². The molecule has 0 atom stereocenters. The van der Waals surface area contributed by atoms with Gasteiger partial charge in [0.25, 0.3) is 0 Å². The predicted molar refractivity (Wildman–Crippen MR) is 192 cm³/mol. The van der Waals surface area contributed by atoms with Crippen LogP contribution >= 0.6 is 0 Å². The molecular formula is C43H28N2O2. The van der Waals surface area contributed by atoms with Gasteiger partial charge in [-0.15, -0.1) is 0 Å². The molecule has 4 nitrogen and oxygen atoms in total. The molecule has 222 valence electrons. The first-order valence-corrected chi connectivity index (χ1v) is 15.7. The van der Waals surface area contributed by atoms with Crippen LogP contribution in [-0.4, -0.2) is 4.98 Å². The number of nitrogens with zero attached hydrogens (tertiary/aromatic N) is 2. The topological polar surface area (TPSA) is 42.4 Å². The minimum absolute atomic E-state index is 0.599. The van der Waals surface area contributed by atoms with Gasteiger partial charge >= 0.3 is 0 Å². The Hall–Kier alpha value is -6.39. The summed E-state index contributed by atoms with van der Waals surface area (Å²) >= 11 is 0. The molecule has 9 aromatic rings. The summed E-state index contributed by atoms with van der Waals surface area (Å²) in [5.41, 5.74) is 11.7. The molecule has 0 saturated heterocycles. The molecule has 0 fully saturated rings. The number of para-hydroxylation sites is 1. The van der Waals surface area contributed by atoms with Crippen molar-refractivity contribution in [1.29, 1.82) is 0 Å². The molecule has 0 aliphatic carbocycles. The monoisotopic (exact) mass is 604 g/mol. The number of aromatic nitrogens is 1. The lowest BCUT2D eigenvalue weighted by atomic mass is 10.0. The summed E-state index contributed by atoms with van der Waals surface area (Å²) in [5, 5.41) is 2.02. The quantitative estimate of drug-likeness (QED) is 0.189. The lowest BCUT2D eigenvalue weighted by Gasteiger charge is -2.26. The molecule has 0 amide bonds. The molecule has 0 aliphatic heterocycles. The summed E-state index contributed by atoms with van der Waals surface area (Å²) < 4.78 is 12.9. The summed E-state index contributed by atoms with van der Waals surface area (Å²) in [6, 6.07) is 58.7. The van der Waals surface area contributed by atoms with Crippen molar-refractivity contribution in [1.82, 2.24) is 4.98 Å². The van der Waals surface area contributed by atoms with E-state index in [1.807, 2.05) is 48.5 Å². The molecule has 47 heavy (non-hydrogen) atoms. The van der Waals surface area contributed by atoms with E-state index in [0.717, 1.165) is 55.6 Å². The average molecular weight is 605 g/mol. The van der Waals surface area contributed by atoms with Crippen molar-refractivity contribution in [2.24, 2.45) is 0 Å². The molecular weight excluding hydrogens is 576 g/mol. The molecule has 0 N–H and O–H groups in total. The highest BCUT2D eigenvalue weighted by Crippen LogP contribution is 2.44. The second kappa shape index (κ2) is 11.2. The average Bonchev–Trinajstić information content (AvgIpc) is 3.73. The number of rotatable bonds is 6. The highest BCUT2D eigenvalue weighted by molar-refractivity contribution is 6.13. The minimum Gasteiger partial charge on any atom is -0.454 e. The maximum atomic E-state index is 6.71. The van der Waals surface area contributed by atoms with Crippen LogP contribution in [0.4, 0.5) is 17.1 Å². The molecule has 0 bridgehead atoms. The maximum Gasteiger partial charge on any atom is 0.227 e. The van der Waals surface area contributed by atoms with Gasteiger partial charge in [0, 0.05) is 33.8 Å². The summed E-state index contributed by atoms with van der Waals surface area (Å²) in [7, 11) is 0. The van der Waals surface area contributed by atoms with Crippen LogP contribution in [0.25, 0.3) is 66.7 Å². The molecule has 0 aliphatic rings. The lowest BCUT2D eigenvalue weighted by molar-refractivity contribution is 0.617. The molecule has 0 spiro atoms. The molecule has 0 radical (unpaired) electrons. The minimum atomic E-state index is 0.599. The van der Waals surface area contributed by atoms with E-state index in [9.17, 15) is 0 Å². The smallest absolute Gasteiger partial charge is 0.227 e. The van der Waals surface area contributed by atoms with Crippen LogP contribution in [0.3, 0.4) is 0 Å². The van der Waals surface area contributed by atoms with Crippen LogP contribution < -0.4 is 4.90 Å². The third-order valence-corrected chi connectivity index (χ3v) is 8.69. The number of oxazole rings is 1. The third kappa shape index (κ3) is 4.84. The van der Waals surface area contributed by atoms with Gasteiger partial charge in [0.1, 0.15) is 11.1 Å². The summed E-state index contributed by atoms with van der Waals surface area (Å²) in [4.78, 5) is 7.10. The van der Waals surface area contributed by atoms with Crippen LogP contribution in [-0.2, 0) is 0 Å². The summed E-state index contributed by atoms with van der Waals surface area (Å²) in [5.74, 6) is 0.599. The van der Waals surface area contributed by atoms with Crippen LogP contribution in [0.15, 0.2) is 179 Å². The Labute approximate surface area is 271 Å². The van der Waals surface area contributed by atoms with E-state index in [0.29, 0.717) is 11.5 Å². The first-order valence-electron chi connectivity index (χ1n) is 15.7. The standard InChI is InChI=1S/C43H28N2O2/c1-4-12-29(13-5-1)31-22-24-34(25-23-31)45(35-19-10-18-33(26-35)30-14-6-2-7-15-30)39-21-11-20-36-37-27-38-41(28-40(37)46-42(36)39)47-43(44-38)32-16-8-3-9-17-32/h1-28H. The maximum absolute atomic E-state index is 6.71. The number of hydrogen-bond acceptors (Lipinski definition) is 4. The van der Waals surface area contributed by atoms with Crippen molar-refractivity contribution in [2.75, 3.05) is 4.90 Å². The number of furan rings is 1. The van der Waals surface area contributed by atoms with Gasteiger partial charge < -0.3 is 13.7 Å². The molecule has 0 unspecified atom stereocenters. The zero-order valence-electron chi connectivity index (χ0n) is 25.4. The number of hydrogen-bond donors (Lipinski definition) is 0. The normalized spacial score (nSPS) is 11.4. The fourth-order valence-corrected chi connectivity index (χ4v) is 6.40. The van der Waals surface area contributed by atoms with Crippen molar-refractivity contribution in [3.8, 4) is 33.7 Å². The SMILES string of the molecule is c1ccc(-c2ccc(N(c3cccc(-c4ccccc4)c3)c3cccc4c3oc3cc5oc(-c6ccccc6)nc5cc34)cc2)cc1. The van der Waals surface area contributed by atoms with E-state index in [4.69, 9.17) is 13.8 Å². The van der Waals surface area contributed by atoms with E-state index in [-0.39, 0.29) is 0 Å². The summed E-state index contributed by atoms with van der Waals surface area (Å²) in [6.07, 6.45) is 0. The van der Waals surface area contributed by atoms with Gasteiger partial charge in [-0.05, 0) is 70.8 Å². The van der Waals surface area contributed by atoms with Gasteiger partial charge in [-0.3, -0.25) is 0 Å². The molecule has 0 saturated carbocycles. The summed E-state index contributed by atoms with van der Waals surface area (Å²) in [6.45, 7) is 0. The van der Waals surface area contributed by atoms with Crippen molar-refractivity contribution >= 4 is 50.1 Å². The second-order valence-corrected chi connectivity index (χ2v) is 11.6. The van der Waals surface area contributed by atoms with Crippen LogP contribution in [0, 0.1) is 0 Å². The molecule has 2 aromatic heterocycles. The van der Waals surface area contributed by atoms with Crippen molar-refractivity contribution < 1.29 is 8.83 Å². The first-order chi connectivity index (χ1) is 23.3. The highest BCUT2D eigenvalue weighted by Gasteiger charge is 2.21. The predicted octanol–water partition coefficient (Wildman–Crippen LogP) is 12.2. The number of benzene rings is 7. The van der Waals surface area contributed by atoms with E-state index in [1.165, 1.54) is 16.7 Å². The Morgan fingerprint density at radius 3 is 1.74 bits per heavy atom. The van der Waals surface area contributed by atoms with Gasteiger partial charge in [-0.1, -0.05) is 115 Å². The van der Waals surface area contributed by atoms with Gasteiger partial charge in [0.2, 0.25) is 5.89 Å². The zero-order chi connectivity index (χ0) is 31.2. The number of fused-ring (bicyclic) bond motifs is 4. The van der Waals surface area contributed by atoms with Gasteiger partial charge in [-0.25, -0.2) is 4.98 Å². The van der Waals surface area contributed by atoms with Crippen LogP contribution in [0.5, 0.6) is 0 Å². The Morgan fingerprint density at radius 2 is 1.02 bits per heavy atom. The molecule has 2 heterocycles. The fourth-order valence-electron chi connectivity index (χ4n) is 6.40. The Morgan fingerprint density at radius 1 is 0.404 bits per heavy atom. The Balaban J connectivity index is 1.21. The van der Waals surface area contributed by atoms with Gasteiger partial charge in [0.15, 0.2) is 11.2 Å². The van der Waals surface area contributed by atoms with E-state index in [1.54, 1.807) is 0 Å². The van der Waals surface area contributed by atoms with Crippen LogP contribution in [0.1, 0.15) is 0 Å². The zero-order valence-corrected chi connectivity index (χ0v) is 25.4. The van der Waals surface area contributed by atoms with Crippen molar-refractivity contribution in [3.05, 3.63) is 170 Å². The van der Waals surface area contributed by atoms with Crippen LogP contribution in [0.2, 0.25) is 0 Å². The third-order valence-electron chi connectivity index (χ3n) is 8.69. The Bertz CT molecular complexity index is 2500. The van der Waals surface area contributed by atoms with E-state index in [2.05, 4.69) is 126 Å². The molecule has 7 aromatic carbocycles. The van der Waals surface area contributed by atoms with Crippen molar-refractivity contribution in [2.45, 2.75) is 0 Å². The Kier molecular flexibility index (Phi) is 6.43. The van der Waals surface area contributed by atoms with E-state index < -0.39 is 0 Å².